The van der Waals surface area contributed by atoms with E-state index in [-0.39, 0.29) is 6.04 Å². The zero-order valence-electron chi connectivity index (χ0n) is 12.8. The minimum absolute atomic E-state index is 0.236. The van der Waals surface area contributed by atoms with Gasteiger partial charge in [-0.2, -0.15) is 0 Å². The molecule has 0 spiro atoms. The van der Waals surface area contributed by atoms with E-state index >= 15 is 0 Å². The van der Waals surface area contributed by atoms with Gasteiger partial charge in [0.2, 0.25) is 0 Å². The molecule has 1 atom stereocenters. The first kappa shape index (κ1) is 15.3. The monoisotopic (exact) mass is 331 g/mol. The Bertz CT molecular complexity index is 608. The van der Waals surface area contributed by atoms with Crippen LogP contribution in [-0.2, 0) is 0 Å². The Balaban J connectivity index is 2.55. The molecule has 2 heteroatoms. The molecular formula is C18H22BrN. The predicted octanol–water partition coefficient (Wildman–Crippen LogP) is 4.99. The van der Waals surface area contributed by atoms with Crippen LogP contribution >= 0.6 is 15.9 Å². The van der Waals surface area contributed by atoms with Crippen molar-refractivity contribution in [2.45, 2.75) is 33.7 Å². The van der Waals surface area contributed by atoms with E-state index in [2.05, 4.69) is 79.3 Å². The lowest BCUT2D eigenvalue weighted by atomic mass is 9.92. The molecule has 1 unspecified atom stereocenters. The lowest BCUT2D eigenvalue weighted by Crippen LogP contribution is -2.19. The van der Waals surface area contributed by atoms with Gasteiger partial charge in [0.25, 0.3) is 0 Å². The topological polar surface area (TPSA) is 12.0 Å². The Morgan fingerprint density at radius 1 is 0.900 bits per heavy atom. The highest BCUT2D eigenvalue weighted by molar-refractivity contribution is 9.10. The fourth-order valence-electron chi connectivity index (χ4n) is 2.72. The molecule has 0 aromatic heterocycles. The Hall–Kier alpha value is -1.12. The summed E-state index contributed by atoms with van der Waals surface area (Å²) in [6.07, 6.45) is 0. The second-order valence-corrected chi connectivity index (χ2v) is 6.34. The van der Waals surface area contributed by atoms with Crippen LogP contribution in [0.2, 0.25) is 0 Å². The highest BCUT2D eigenvalue weighted by atomic mass is 79.9. The van der Waals surface area contributed by atoms with E-state index in [0.29, 0.717) is 0 Å². The third-order valence-electron chi connectivity index (χ3n) is 3.83. The lowest BCUT2D eigenvalue weighted by Gasteiger charge is -2.21. The highest BCUT2D eigenvalue weighted by Crippen LogP contribution is 2.30. The van der Waals surface area contributed by atoms with Crippen molar-refractivity contribution in [3.63, 3.8) is 0 Å². The van der Waals surface area contributed by atoms with Crippen LogP contribution in [0.4, 0.5) is 0 Å². The summed E-state index contributed by atoms with van der Waals surface area (Å²) in [5, 5.41) is 3.46. The van der Waals surface area contributed by atoms with Gasteiger partial charge < -0.3 is 5.32 Å². The summed E-state index contributed by atoms with van der Waals surface area (Å²) < 4.78 is 1.21. The quantitative estimate of drug-likeness (QED) is 0.835. The summed E-state index contributed by atoms with van der Waals surface area (Å²) in [6, 6.07) is 11.4. The van der Waals surface area contributed by atoms with Gasteiger partial charge in [-0.3, -0.25) is 0 Å². The molecule has 0 radical (unpaired) electrons. The summed E-state index contributed by atoms with van der Waals surface area (Å²) in [7, 11) is 2.03. The van der Waals surface area contributed by atoms with Crippen molar-refractivity contribution >= 4 is 15.9 Å². The molecule has 0 fully saturated rings. The number of rotatable bonds is 3. The average molecular weight is 332 g/mol. The van der Waals surface area contributed by atoms with Crippen molar-refractivity contribution in [1.82, 2.24) is 5.32 Å². The Morgan fingerprint density at radius 3 is 2.05 bits per heavy atom. The number of aryl methyl sites for hydroxylation is 4. The van der Waals surface area contributed by atoms with Crippen LogP contribution < -0.4 is 5.32 Å². The Kier molecular flexibility index (Phi) is 4.66. The Labute approximate surface area is 130 Å². The maximum absolute atomic E-state index is 3.65. The van der Waals surface area contributed by atoms with Crippen molar-refractivity contribution < 1.29 is 0 Å². The third-order valence-corrected chi connectivity index (χ3v) is 5.08. The molecule has 0 aliphatic heterocycles. The number of hydrogen-bond donors (Lipinski definition) is 1. The van der Waals surface area contributed by atoms with Gasteiger partial charge >= 0.3 is 0 Å². The molecule has 1 N–H and O–H groups in total. The standard InChI is InChI=1S/C18H22BrN/c1-11-6-7-12(2)16(8-11)18(20-5)15-9-13(3)17(19)14(4)10-15/h6-10,18,20H,1-5H3. The number of nitrogens with one attached hydrogen (secondary N) is 1. The van der Waals surface area contributed by atoms with Crippen LogP contribution in [0.25, 0.3) is 0 Å². The van der Waals surface area contributed by atoms with E-state index in [1.165, 1.54) is 37.9 Å². The number of halogens is 1. The van der Waals surface area contributed by atoms with Gasteiger partial charge in [-0.15, -0.1) is 0 Å². The first-order valence-electron chi connectivity index (χ1n) is 6.95. The fraction of sp³-hybridized carbons (Fsp3) is 0.333. The summed E-state index contributed by atoms with van der Waals surface area (Å²) in [5.41, 5.74) is 7.87. The molecule has 0 aliphatic carbocycles. The van der Waals surface area contributed by atoms with Gasteiger partial charge in [0.1, 0.15) is 0 Å². The lowest BCUT2D eigenvalue weighted by molar-refractivity contribution is 0.685. The van der Waals surface area contributed by atoms with Crippen molar-refractivity contribution in [2.75, 3.05) is 7.05 Å². The molecule has 1 nitrogen and oxygen atoms in total. The van der Waals surface area contributed by atoms with Crippen LogP contribution in [0.3, 0.4) is 0 Å². The molecule has 20 heavy (non-hydrogen) atoms. The van der Waals surface area contributed by atoms with Crippen molar-refractivity contribution in [3.05, 3.63) is 68.2 Å². The summed E-state index contributed by atoms with van der Waals surface area (Å²) in [4.78, 5) is 0. The maximum atomic E-state index is 3.65. The number of benzene rings is 2. The average Bonchev–Trinajstić information content (AvgIpc) is 2.40. The van der Waals surface area contributed by atoms with E-state index in [1.807, 2.05) is 7.05 Å². The zero-order chi connectivity index (χ0) is 14.9. The van der Waals surface area contributed by atoms with E-state index in [1.54, 1.807) is 0 Å². The van der Waals surface area contributed by atoms with Gasteiger partial charge in [-0.25, -0.2) is 0 Å². The minimum atomic E-state index is 0.236. The van der Waals surface area contributed by atoms with E-state index in [4.69, 9.17) is 0 Å². The van der Waals surface area contributed by atoms with Crippen molar-refractivity contribution in [1.29, 1.82) is 0 Å². The molecule has 2 rings (SSSR count). The maximum Gasteiger partial charge on any atom is 0.0577 e. The second-order valence-electron chi connectivity index (χ2n) is 5.55. The molecule has 0 heterocycles. The van der Waals surface area contributed by atoms with Gasteiger partial charge in [0.05, 0.1) is 6.04 Å². The van der Waals surface area contributed by atoms with Crippen LogP contribution in [0.15, 0.2) is 34.8 Å². The molecule has 0 saturated carbocycles. The fourth-order valence-corrected chi connectivity index (χ4v) is 2.95. The highest BCUT2D eigenvalue weighted by Gasteiger charge is 2.16. The normalized spacial score (nSPS) is 12.5. The van der Waals surface area contributed by atoms with Crippen LogP contribution in [0.1, 0.15) is 39.4 Å². The van der Waals surface area contributed by atoms with Crippen LogP contribution in [-0.4, -0.2) is 7.05 Å². The zero-order valence-corrected chi connectivity index (χ0v) is 14.4. The molecule has 0 amide bonds. The molecule has 0 bridgehead atoms. The van der Waals surface area contributed by atoms with Gasteiger partial charge in [-0.05, 0) is 62.6 Å². The minimum Gasteiger partial charge on any atom is -0.309 e. The van der Waals surface area contributed by atoms with Crippen LogP contribution in [0.5, 0.6) is 0 Å². The second kappa shape index (κ2) is 6.11. The van der Waals surface area contributed by atoms with E-state index < -0.39 is 0 Å². The summed E-state index contributed by atoms with van der Waals surface area (Å²) >= 11 is 3.65. The van der Waals surface area contributed by atoms with Crippen LogP contribution in [0, 0.1) is 27.7 Å². The first-order valence-corrected chi connectivity index (χ1v) is 7.74. The molecule has 0 saturated heterocycles. The largest absolute Gasteiger partial charge is 0.309 e. The first-order chi connectivity index (χ1) is 9.43. The third kappa shape index (κ3) is 2.97. The SMILES string of the molecule is CNC(c1cc(C)c(Br)c(C)c1)c1cc(C)ccc1C. The smallest absolute Gasteiger partial charge is 0.0577 e. The molecule has 2 aromatic rings. The van der Waals surface area contributed by atoms with Gasteiger partial charge in [0, 0.05) is 4.47 Å². The Morgan fingerprint density at radius 2 is 1.50 bits per heavy atom. The van der Waals surface area contributed by atoms with Gasteiger partial charge in [0.15, 0.2) is 0 Å². The van der Waals surface area contributed by atoms with E-state index in [0.717, 1.165) is 0 Å². The van der Waals surface area contributed by atoms with Crippen molar-refractivity contribution in [2.24, 2.45) is 0 Å². The van der Waals surface area contributed by atoms with Gasteiger partial charge in [-0.1, -0.05) is 51.8 Å². The predicted molar refractivity (Wildman–Crippen MR) is 90.4 cm³/mol. The van der Waals surface area contributed by atoms with Crippen molar-refractivity contribution in [3.8, 4) is 0 Å². The number of hydrogen-bond acceptors (Lipinski definition) is 1. The molecular weight excluding hydrogens is 310 g/mol. The molecule has 2 aromatic carbocycles. The van der Waals surface area contributed by atoms with E-state index in [9.17, 15) is 0 Å². The molecule has 0 aliphatic rings. The molecule has 106 valence electrons. The summed E-state index contributed by atoms with van der Waals surface area (Å²) in [5.74, 6) is 0. The summed E-state index contributed by atoms with van der Waals surface area (Å²) in [6.45, 7) is 8.62.